The molecule has 0 aliphatic carbocycles. The van der Waals surface area contributed by atoms with Crippen molar-refractivity contribution in [2.75, 3.05) is 13.6 Å². The van der Waals surface area contributed by atoms with E-state index in [9.17, 15) is 17.6 Å². The van der Waals surface area contributed by atoms with Gasteiger partial charge in [0.1, 0.15) is 10.7 Å². The van der Waals surface area contributed by atoms with Gasteiger partial charge in [-0.2, -0.15) is 0 Å². The molecule has 1 aromatic rings. The monoisotopic (exact) mass is 279 g/mol. The molecule has 0 aliphatic rings. The van der Waals surface area contributed by atoms with E-state index >= 15 is 0 Å². The summed E-state index contributed by atoms with van der Waals surface area (Å²) in [6.45, 7) is 2.22. The van der Waals surface area contributed by atoms with Crippen molar-refractivity contribution in [1.82, 2.24) is 4.90 Å². The van der Waals surface area contributed by atoms with Gasteiger partial charge in [-0.05, 0) is 25.1 Å². The zero-order valence-corrected chi connectivity index (χ0v) is 10.8. The summed E-state index contributed by atoms with van der Waals surface area (Å²) in [5.41, 5.74) is 0.0787. The van der Waals surface area contributed by atoms with E-state index in [1.165, 1.54) is 11.0 Å². The van der Waals surface area contributed by atoms with Gasteiger partial charge in [0.2, 0.25) is 0 Å². The summed E-state index contributed by atoms with van der Waals surface area (Å²) in [7, 11) is 2.42. The summed E-state index contributed by atoms with van der Waals surface area (Å²) in [5.74, 6) is -1.37. The lowest BCUT2D eigenvalue weighted by molar-refractivity contribution is 0.0802. The number of halogens is 2. The first-order valence-corrected chi connectivity index (χ1v) is 7.08. The Morgan fingerprint density at radius 2 is 2.06 bits per heavy atom. The molecular weight excluding hydrogens is 269 g/mol. The molecule has 0 heterocycles. The van der Waals surface area contributed by atoms with E-state index < -0.39 is 25.7 Å². The molecule has 17 heavy (non-hydrogen) atoms. The van der Waals surface area contributed by atoms with Crippen LogP contribution in [0.3, 0.4) is 0 Å². The van der Waals surface area contributed by atoms with Gasteiger partial charge in [-0.3, -0.25) is 4.79 Å². The van der Waals surface area contributed by atoms with Gasteiger partial charge in [-0.15, -0.1) is 0 Å². The average Bonchev–Trinajstić information content (AvgIpc) is 2.26. The van der Waals surface area contributed by atoms with Gasteiger partial charge in [-0.1, -0.05) is 0 Å². The van der Waals surface area contributed by atoms with Crippen LogP contribution in [0, 0.1) is 5.82 Å². The van der Waals surface area contributed by atoms with Gasteiger partial charge in [0.15, 0.2) is 0 Å². The molecule has 0 aliphatic heterocycles. The Hall–Kier alpha value is -1.14. The zero-order chi connectivity index (χ0) is 13.2. The molecule has 0 saturated heterocycles. The normalized spacial score (nSPS) is 11.3. The lowest BCUT2D eigenvalue weighted by Gasteiger charge is -2.14. The van der Waals surface area contributed by atoms with Gasteiger partial charge >= 0.3 is 0 Å². The Morgan fingerprint density at radius 1 is 1.47 bits per heavy atom. The van der Waals surface area contributed by atoms with Crippen LogP contribution in [-0.2, 0) is 9.05 Å². The predicted octanol–water partition coefficient (Wildman–Crippen LogP) is 1.85. The third kappa shape index (κ3) is 3.17. The van der Waals surface area contributed by atoms with E-state index in [2.05, 4.69) is 0 Å². The van der Waals surface area contributed by atoms with E-state index in [0.29, 0.717) is 6.54 Å². The molecule has 4 nitrogen and oxygen atoms in total. The van der Waals surface area contributed by atoms with E-state index in [1.54, 1.807) is 14.0 Å². The number of nitrogens with zero attached hydrogens (tertiary/aromatic N) is 1. The molecule has 0 fully saturated rings. The van der Waals surface area contributed by atoms with Crippen LogP contribution >= 0.6 is 10.7 Å². The van der Waals surface area contributed by atoms with Crippen LogP contribution in [-0.4, -0.2) is 32.8 Å². The van der Waals surface area contributed by atoms with Gasteiger partial charge in [0.05, 0.1) is 0 Å². The summed E-state index contributed by atoms with van der Waals surface area (Å²) < 4.78 is 35.4. The van der Waals surface area contributed by atoms with Crippen molar-refractivity contribution < 1.29 is 17.6 Å². The van der Waals surface area contributed by atoms with Gasteiger partial charge in [0, 0.05) is 29.8 Å². The van der Waals surface area contributed by atoms with Crippen LogP contribution in [0.2, 0.25) is 0 Å². The highest BCUT2D eigenvalue weighted by molar-refractivity contribution is 8.13. The molecule has 1 aromatic carbocycles. The minimum Gasteiger partial charge on any atom is -0.342 e. The molecule has 1 amide bonds. The Balaban J connectivity index is 3.27. The Bertz CT molecular complexity index is 544. The Morgan fingerprint density at radius 3 is 2.53 bits per heavy atom. The summed E-state index contributed by atoms with van der Waals surface area (Å²) in [5, 5.41) is 0. The van der Waals surface area contributed by atoms with Crippen molar-refractivity contribution in [2.45, 2.75) is 11.8 Å². The predicted molar refractivity (Wildman–Crippen MR) is 62.1 cm³/mol. The molecule has 0 aromatic heterocycles. The lowest BCUT2D eigenvalue weighted by Crippen LogP contribution is -2.26. The number of benzene rings is 1. The Labute approximate surface area is 103 Å². The number of carbonyl (C=O) groups excluding carboxylic acids is 1. The van der Waals surface area contributed by atoms with Crippen molar-refractivity contribution in [1.29, 1.82) is 0 Å². The van der Waals surface area contributed by atoms with Crippen molar-refractivity contribution >= 4 is 25.6 Å². The largest absolute Gasteiger partial charge is 0.342 e. The first kappa shape index (κ1) is 13.9. The highest BCUT2D eigenvalue weighted by atomic mass is 35.7. The van der Waals surface area contributed by atoms with E-state index in [-0.39, 0.29) is 5.56 Å². The topological polar surface area (TPSA) is 54.5 Å². The SMILES string of the molecule is CCN(C)C(=O)c1ccc(F)c(S(=O)(=O)Cl)c1. The third-order valence-electron chi connectivity index (χ3n) is 2.26. The maximum Gasteiger partial charge on any atom is 0.264 e. The third-order valence-corrected chi connectivity index (χ3v) is 3.60. The van der Waals surface area contributed by atoms with Crippen LogP contribution in [0.25, 0.3) is 0 Å². The number of rotatable bonds is 3. The highest BCUT2D eigenvalue weighted by Gasteiger charge is 2.19. The van der Waals surface area contributed by atoms with Crippen LogP contribution in [0.15, 0.2) is 23.1 Å². The van der Waals surface area contributed by atoms with Crippen LogP contribution in [0.1, 0.15) is 17.3 Å². The smallest absolute Gasteiger partial charge is 0.264 e. The molecular formula is C10H11ClFNO3S. The van der Waals surface area contributed by atoms with Crippen molar-refractivity contribution in [3.8, 4) is 0 Å². The van der Waals surface area contributed by atoms with E-state index in [0.717, 1.165) is 12.1 Å². The molecule has 0 spiro atoms. The maximum atomic E-state index is 13.2. The van der Waals surface area contributed by atoms with Crippen LogP contribution < -0.4 is 0 Å². The van der Waals surface area contributed by atoms with Gasteiger partial charge < -0.3 is 4.90 Å². The fraction of sp³-hybridized carbons (Fsp3) is 0.300. The quantitative estimate of drug-likeness (QED) is 0.794. The Kier molecular flexibility index (Phi) is 4.11. The molecule has 94 valence electrons. The molecule has 1 rings (SSSR count). The summed E-state index contributed by atoms with van der Waals surface area (Å²) in [4.78, 5) is 12.4. The summed E-state index contributed by atoms with van der Waals surface area (Å²) in [6.07, 6.45) is 0. The number of amides is 1. The molecule has 0 unspecified atom stereocenters. The number of hydrogen-bond acceptors (Lipinski definition) is 3. The van der Waals surface area contributed by atoms with Crippen molar-refractivity contribution in [3.63, 3.8) is 0 Å². The van der Waals surface area contributed by atoms with Crippen LogP contribution in [0.4, 0.5) is 4.39 Å². The maximum absolute atomic E-state index is 13.2. The fourth-order valence-electron chi connectivity index (χ4n) is 1.19. The fourth-order valence-corrected chi connectivity index (χ4v) is 2.11. The molecule has 0 saturated carbocycles. The van der Waals surface area contributed by atoms with Crippen molar-refractivity contribution in [3.05, 3.63) is 29.6 Å². The molecule has 7 heteroatoms. The van der Waals surface area contributed by atoms with E-state index in [4.69, 9.17) is 10.7 Å². The molecule has 0 N–H and O–H groups in total. The summed E-state index contributed by atoms with van der Waals surface area (Å²) >= 11 is 0. The standard InChI is InChI=1S/C10H11ClFNO3S/c1-3-13(2)10(14)7-4-5-8(12)9(6-7)17(11,15)16/h4-6H,3H2,1-2H3. The molecule has 0 bridgehead atoms. The first-order chi connectivity index (χ1) is 7.77. The second-order valence-corrected chi connectivity index (χ2v) is 5.94. The zero-order valence-electron chi connectivity index (χ0n) is 9.28. The van der Waals surface area contributed by atoms with Gasteiger partial charge in [-0.25, -0.2) is 12.8 Å². The second-order valence-electron chi connectivity index (χ2n) is 3.40. The van der Waals surface area contributed by atoms with Gasteiger partial charge in [0.25, 0.3) is 15.0 Å². The summed E-state index contributed by atoms with van der Waals surface area (Å²) in [6, 6.07) is 3.06. The minimum absolute atomic E-state index is 0.0787. The lowest BCUT2D eigenvalue weighted by atomic mass is 10.2. The van der Waals surface area contributed by atoms with Crippen LogP contribution in [0.5, 0.6) is 0 Å². The van der Waals surface area contributed by atoms with E-state index in [1.807, 2.05) is 0 Å². The average molecular weight is 280 g/mol. The highest BCUT2D eigenvalue weighted by Crippen LogP contribution is 2.20. The number of carbonyl (C=O) groups is 1. The number of hydrogen-bond donors (Lipinski definition) is 0. The molecule has 0 radical (unpaired) electrons. The second kappa shape index (κ2) is 5.01. The first-order valence-electron chi connectivity index (χ1n) is 4.77. The molecule has 0 atom stereocenters. The minimum atomic E-state index is -4.20. The van der Waals surface area contributed by atoms with Crippen molar-refractivity contribution in [2.24, 2.45) is 0 Å².